The summed E-state index contributed by atoms with van der Waals surface area (Å²) in [6, 6.07) is 8.57. The first kappa shape index (κ1) is 21.8. The predicted octanol–water partition coefficient (Wildman–Crippen LogP) is 3.93. The standard InChI is InChI=1S/C20H31NO5/c1-13(2)17(25-16-11-9-8-10-12-16)15(4)24-18(22)14(3)21-19(23)26-20(5,6)7/h8-15,17H,1-7H3,(H,21,23)/t14-,15+,17+/m1/s1. The van der Waals surface area contributed by atoms with Crippen LogP contribution in [-0.2, 0) is 14.3 Å². The zero-order valence-electron chi connectivity index (χ0n) is 16.7. The maximum atomic E-state index is 12.3. The first-order valence-corrected chi connectivity index (χ1v) is 8.91. The first-order chi connectivity index (χ1) is 12.0. The van der Waals surface area contributed by atoms with E-state index in [2.05, 4.69) is 5.32 Å². The molecule has 0 spiro atoms. The van der Waals surface area contributed by atoms with E-state index >= 15 is 0 Å². The molecule has 1 rings (SSSR count). The molecule has 0 radical (unpaired) electrons. The van der Waals surface area contributed by atoms with Crippen molar-refractivity contribution in [2.45, 2.75) is 72.3 Å². The number of nitrogens with one attached hydrogen (secondary N) is 1. The second-order valence-electron chi connectivity index (χ2n) is 7.65. The van der Waals surface area contributed by atoms with Gasteiger partial charge in [-0.1, -0.05) is 32.0 Å². The Hall–Kier alpha value is -2.24. The van der Waals surface area contributed by atoms with Crippen LogP contribution in [0.25, 0.3) is 0 Å². The van der Waals surface area contributed by atoms with Gasteiger partial charge >= 0.3 is 12.1 Å². The molecule has 26 heavy (non-hydrogen) atoms. The Labute approximate surface area is 156 Å². The Morgan fingerprint density at radius 3 is 2.08 bits per heavy atom. The van der Waals surface area contributed by atoms with Gasteiger partial charge in [0.15, 0.2) is 0 Å². The fourth-order valence-corrected chi connectivity index (χ4v) is 2.33. The molecular weight excluding hydrogens is 334 g/mol. The lowest BCUT2D eigenvalue weighted by molar-refractivity contribution is -0.156. The summed E-state index contributed by atoms with van der Waals surface area (Å²) < 4.78 is 16.6. The molecule has 0 heterocycles. The van der Waals surface area contributed by atoms with Crippen molar-refractivity contribution in [2.24, 2.45) is 5.92 Å². The van der Waals surface area contributed by atoms with Gasteiger partial charge in [-0.25, -0.2) is 9.59 Å². The molecule has 6 heteroatoms. The summed E-state index contributed by atoms with van der Waals surface area (Å²) >= 11 is 0. The average Bonchev–Trinajstić information content (AvgIpc) is 2.51. The molecule has 0 saturated heterocycles. The monoisotopic (exact) mass is 365 g/mol. The molecule has 0 aliphatic heterocycles. The molecule has 0 aliphatic carbocycles. The maximum Gasteiger partial charge on any atom is 0.408 e. The van der Waals surface area contributed by atoms with Crippen molar-refractivity contribution in [1.82, 2.24) is 5.32 Å². The highest BCUT2D eigenvalue weighted by molar-refractivity contribution is 5.81. The summed E-state index contributed by atoms with van der Waals surface area (Å²) in [6.45, 7) is 12.6. The molecule has 1 aromatic rings. The molecule has 6 nitrogen and oxygen atoms in total. The molecule has 146 valence electrons. The van der Waals surface area contributed by atoms with Crippen LogP contribution in [0.5, 0.6) is 5.75 Å². The van der Waals surface area contributed by atoms with Crippen LogP contribution >= 0.6 is 0 Å². The van der Waals surface area contributed by atoms with Crippen LogP contribution in [0.3, 0.4) is 0 Å². The third-order valence-electron chi connectivity index (χ3n) is 3.52. The number of para-hydroxylation sites is 1. The van der Waals surface area contributed by atoms with Crippen LogP contribution in [0.1, 0.15) is 48.5 Å². The molecule has 0 aromatic heterocycles. The van der Waals surface area contributed by atoms with E-state index in [1.807, 2.05) is 44.2 Å². The van der Waals surface area contributed by atoms with Crippen LogP contribution < -0.4 is 10.1 Å². The molecule has 0 saturated carbocycles. The fraction of sp³-hybridized carbons (Fsp3) is 0.600. The Kier molecular flexibility index (Phi) is 7.93. The van der Waals surface area contributed by atoms with Crippen LogP contribution in [-0.4, -0.2) is 35.9 Å². The summed E-state index contributed by atoms with van der Waals surface area (Å²) in [5.74, 6) is 0.312. The Morgan fingerprint density at radius 2 is 1.58 bits per heavy atom. The highest BCUT2D eigenvalue weighted by Crippen LogP contribution is 2.19. The zero-order chi connectivity index (χ0) is 19.9. The van der Waals surface area contributed by atoms with E-state index in [9.17, 15) is 9.59 Å². The van der Waals surface area contributed by atoms with Crippen molar-refractivity contribution < 1.29 is 23.8 Å². The van der Waals surface area contributed by atoms with Crippen molar-refractivity contribution in [2.75, 3.05) is 0 Å². The van der Waals surface area contributed by atoms with Crippen molar-refractivity contribution in [3.05, 3.63) is 30.3 Å². The second kappa shape index (κ2) is 9.46. The largest absolute Gasteiger partial charge is 0.486 e. The third-order valence-corrected chi connectivity index (χ3v) is 3.52. The lowest BCUT2D eigenvalue weighted by Gasteiger charge is -2.29. The Bertz CT molecular complexity index is 580. The molecule has 0 fully saturated rings. The minimum Gasteiger partial charge on any atom is -0.486 e. The highest BCUT2D eigenvalue weighted by Gasteiger charge is 2.29. The van der Waals surface area contributed by atoms with Gasteiger partial charge in [-0.05, 0) is 52.7 Å². The first-order valence-electron chi connectivity index (χ1n) is 8.91. The van der Waals surface area contributed by atoms with Gasteiger partial charge in [0.25, 0.3) is 0 Å². The van der Waals surface area contributed by atoms with E-state index in [1.54, 1.807) is 34.6 Å². The Balaban J connectivity index is 2.63. The number of carbonyl (C=O) groups is 2. The van der Waals surface area contributed by atoms with Crippen molar-refractivity contribution in [3.8, 4) is 5.75 Å². The molecule has 0 aliphatic rings. The van der Waals surface area contributed by atoms with Gasteiger partial charge < -0.3 is 19.5 Å². The minimum absolute atomic E-state index is 0.132. The number of hydrogen-bond donors (Lipinski definition) is 1. The number of esters is 1. The smallest absolute Gasteiger partial charge is 0.408 e. The number of amides is 1. The number of benzene rings is 1. The lowest BCUT2D eigenvalue weighted by atomic mass is 10.0. The molecule has 0 unspecified atom stereocenters. The molecule has 1 N–H and O–H groups in total. The summed E-state index contributed by atoms with van der Waals surface area (Å²) in [7, 11) is 0. The summed E-state index contributed by atoms with van der Waals surface area (Å²) in [5, 5.41) is 2.48. The van der Waals surface area contributed by atoms with Gasteiger partial charge in [0.05, 0.1) is 0 Å². The van der Waals surface area contributed by atoms with Crippen LogP contribution in [0, 0.1) is 5.92 Å². The molecule has 1 amide bonds. The normalized spacial score (nSPS) is 14.9. The van der Waals surface area contributed by atoms with Gasteiger partial charge in [-0.3, -0.25) is 0 Å². The topological polar surface area (TPSA) is 73.9 Å². The summed E-state index contributed by atoms with van der Waals surface area (Å²) in [6.07, 6.45) is -1.45. The number of hydrogen-bond acceptors (Lipinski definition) is 5. The lowest BCUT2D eigenvalue weighted by Crippen LogP contribution is -2.45. The average molecular weight is 365 g/mol. The van der Waals surface area contributed by atoms with E-state index in [4.69, 9.17) is 14.2 Å². The number of rotatable bonds is 7. The fourth-order valence-electron chi connectivity index (χ4n) is 2.33. The summed E-state index contributed by atoms with van der Waals surface area (Å²) in [4.78, 5) is 24.1. The second-order valence-corrected chi connectivity index (χ2v) is 7.65. The van der Waals surface area contributed by atoms with Crippen molar-refractivity contribution in [3.63, 3.8) is 0 Å². The molecule has 0 bridgehead atoms. The Morgan fingerprint density at radius 1 is 1.00 bits per heavy atom. The highest BCUT2D eigenvalue weighted by atomic mass is 16.6. The third kappa shape index (κ3) is 7.76. The SMILES string of the molecule is CC(C)[C@H](Oc1ccccc1)[C@H](C)OC(=O)[C@@H](C)NC(=O)OC(C)(C)C. The van der Waals surface area contributed by atoms with Crippen LogP contribution in [0.15, 0.2) is 30.3 Å². The van der Waals surface area contributed by atoms with Crippen LogP contribution in [0.4, 0.5) is 4.79 Å². The van der Waals surface area contributed by atoms with Crippen LogP contribution in [0.2, 0.25) is 0 Å². The van der Waals surface area contributed by atoms with E-state index in [-0.39, 0.29) is 12.0 Å². The zero-order valence-corrected chi connectivity index (χ0v) is 16.7. The van der Waals surface area contributed by atoms with Gasteiger partial charge in [-0.15, -0.1) is 0 Å². The summed E-state index contributed by atoms with van der Waals surface area (Å²) in [5.41, 5.74) is -0.632. The van der Waals surface area contributed by atoms with Gasteiger partial charge in [0, 0.05) is 0 Å². The number of alkyl carbamates (subject to hydrolysis) is 1. The van der Waals surface area contributed by atoms with E-state index in [1.165, 1.54) is 0 Å². The van der Waals surface area contributed by atoms with E-state index in [0.717, 1.165) is 0 Å². The quantitative estimate of drug-likeness (QED) is 0.741. The van der Waals surface area contributed by atoms with Gasteiger partial charge in [0.2, 0.25) is 0 Å². The van der Waals surface area contributed by atoms with E-state index < -0.39 is 29.8 Å². The molecule has 3 atom stereocenters. The minimum atomic E-state index is -0.822. The van der Waals surface area contributed by atoms with Gasteiger partial charge in [-0.2, -0.15) is 0 Å². The van der Waals surface area contributed by atoms with Crippen molar-refractivity contribution >= 4 is 12.1 Å². The molecular formula is C20H31NO5. The van der Waals surface area contributed by atoms with Crippen molar-refractivity contribution in [1.29, 1.82) is 0 Å². The number of carbonyl (C=O) groups excluding carboxylic acids is 2. The van der Waals surface area contributed by atoms with E-state index in [0.29, 0.717) is 5.75 Å². The van der Waals surface area contributed by atoms with Gasteiger partial charge in [0.1, 0.15) is 29.6 Å². The maximum absolute atomic E-state index is 12.3. The number of ether oxygens (including phenoxy) is 3. The predicted molar refractivity (Wildman–Crippen MR) is 100 cm³/mol. The molecule has 1 aromatic carbocycles.